The number of sulfonamides is 1. The van der Waals surface area contributed by atoms with Gasteiger partial charge in [0.1, 0.15) is 5.69 Å². The lowest BCUT2D eigenvalue weighted by Crippen LogP contribution is -2.50. The maximum absolute atomic E-state index is 13.4. The third kappa shape index (κ3) is 4.93. The van der Waals surface area contributed by atoms with Gasteiger partial charge in [-0.3, -0.25) is 9.48 Å². The Morgan fingerprint density at radius 2 is 1.81 bits per heavy atom. The smallest absolute Gasteiger partial charge is 0.291 e. The fraction of sp³-hybridized carbons (Fsp3) is 0.565. The van der Waals surface area contributed by atoms with Gasteiger partial charge in [-0.05, 0) is 31.9 Å². The standard InChI is InChI=1S/C23H29F2N7O3S2/c1-13(2)22(33)32-9-7-31(8-10-32)16-12-14(37(34,35)29-23(3)5-6-23)11-15-17(28-30(4)18(15)16)20-26-27-21(36-20)19(24)25/h11-13,19,29H,5-10H2,1-4H3. The molecule has 5 rings (SSSR count). The van der Waals surface area contributed by atoms with Gasteiger partial charge in [0, 0.05) is 50.1 Å². The molecule has 1 aliphatic heterocycles. The van der Waals surface area contributed by atoms with Crippen molar-refractivity contribution in [2.45, 2.75) is 50.5 Å². The Morgan fingerprint density at radius 3 is 2.38 bits per heavy atom. The first-order valence-electron chi connectivity index (χ1n) is 12.1. The van der Waals surface area contributed by atoms with Gasteiger partial charge in [0.2, 0.25) is 15.9 Å². The van der Waals surface area contributed by atoms with Crippen LogP contribution in [0.5, 0.6) is 0 Å². The number of nitrogens with one attached hydrogen (secondary N) is 1. The second-order valence-corrected chi connectivity index (χ2v) is 12.9. The topological polar surface area (TPSA) is 113 Å². The number of benzene rings is 1. The van der Waals surface area contributed by atoms with Crippen molar-refractivity contribution in [2.75, 3.05) is 31.1 Å². The Kier molecular flexibility index (Phi) is 6.47. The highest BCUT2D eigenvalue weighted by Crippen LogP contribution is 2.40. The van der Waals surface area contributed by atoms with Gasteiger partial charge < -0.3 is 9.80 Å². The fourth-order valence-electron chi connectivity index (χ4n) is 4.55. The van der Waals surface area contributed by atoms with Gasteiger partial charge in [0.05, 0.1) is 16.1 Å². The highest BCUT2D eigenvalue weighted by atomic mass is 32.2. The highest BCUT2D eigenvalue weighted by molar-refractivity contribution is 7.89. The molecule has 0 unspecified atom stereocenters. The van der Waals surface area contributed by atoms with Crippen molar-refractivity contribution < 1.29 is 22.0 Å². The Balaban J connectivity index is 1.61. The first-order valence-corrected chi connectivity index (χ1v) is 14.4. The van der Waals surface area contributed by atoms with Crippen molar-refractivity contribution in [3.8, 4) is 10.7 Å². The molecule has 1 saturated heterocycles. The van der Waals surface area contributed by atoms with Gasteiger partial charge in [-0.1, -0.05) is 25.2 Å². The molecule has 0 spiro atoms. The lowest BCUT2D eigenvalue weighted by atomic mass is 10.1. The first kappa shape index (κ1) is 25.9. The number of aryl methyl sites for hydroxylation is 1. The van der Waals surface area contributed by atoms with Crippen molar-refractivity contribution in [2.24, 2.45) is 13.0 Å². The maximum atomic E-state index is 13.4. The largest absolute Gasteiger partial charge is 0.366 e. The number of aromatic nitrogens is 4. The van der Waals surface area contributed by atoms with E-state index in [1.54, 1.807) is 17.8 Å². The Morgan fingerprint density at radius 1 is 1.14 bits per heavy atom. The molecule has 0 radical (unpaired) electrons. The van der Waals surface area contributed by atoms with Crippen molar-refractivity contribution in [1.82, 2.24) is 29.6 Å². The number of carbonyl (C=O) groups excluding carboxylic acids is 1. The molecule has 14 heteroatoms. The highest BCUT2D eigenvalue weighted by Gasteiger charge is 2.41. The van der Waals surface area contributed by atoms with Crippen LogP contribution in [0.2, 0.25) is 0 Å². The molecule has 1 aliphatic carbocycles. The lowest BCUT2D eigenvalue weighted by Gasteiger charge is -2.37. The number of hydrogen-bond acceptors (Lipinski definition) is 8. The summed E-state index contributed by atoms with van der Waals surface area (Å²) in [5.41, 5.74) is 1.13. The molecule has 2 fully saturated rings. The molecule has 200 valence electrons. The van der Waals surface area contributed by atoms with E-state index in [2.05, 4.69) is 20.0 Å². The fourth-order valence-corrected chi connectivity index (χ4v) is 6.75. The monoisotopic (exact) mass is 553 g/mol. The van der Waals surface area contributed by atoms with Crippen LogP contribution in [0.1, 0.15) is 45.0 Å². The zero-order valence-corrected chi connectivity index (χ0v) is 22.7. The number of rotatable bonds is 7. The summed E-state index contributed by atoms with van der Waals surface area (Å²) >= 11 is 0.732. The van der Waals surface area contributed by atoms with Crippen LogP contribution >= 0.6 is 11.3 Å². The van der Waals surface area contributed by atoms with Crippen LogP contribution < -0.4 is 9.62 Å². The number of fused-ring (bicyclic) bond motifs is 1. The van der Waals surface area contributed by atoms with Crippen LogP contribution in [0, 0.1) is 5.92 Å². The van der Waals surface area contributed by atoms with Gasteiger partial charge in [-0.2, -0.15) is 5.10 Å². The van der Waals surface area contributed by atoms with Crippen LogP contribution in [-0.4, -0.2) is 70.9 Å². The van der Waals surface area contributed by atoms with Gasteiger partial charge >= 0.3 is 0 Å². The maximum Gasteiger partial charge on any atom is 0.291 e. The van der Waals surface area contributed by atoms with Crippen molar-refractivity contribution in [1.29, 1.82) is 0 Å². The van der Waals surface area contributed by atoms with E-state index in [4.69, 9.17) is 0 Å². The predicted octanol–water partition coefficient (Wildman–Crippen LogP) is 3.16. The van der Waals surface area contributed by atoms with Crippen LogP contribution in [0.25, 0.3) is 21.6 Å². The van der Waals surface area contributed by atoms with Crippen molar-refractivity contribution >= 4 is 43.9 Å². The molecule has 10 nitrogen and oxygen atoms in total. The minimum Gasteiger partial charge on any atom is -0.366 e. The summed E-state index contributed by atoms with van der Waals surface area (Å²) in [7, 11) is -2.15. The normalized spacial score (nSPS) is 17.8. The van der Waals surface area contributed by atoms with Gasteiger partial charge in [0.15, 0.2) is 10.0 Å². The minimum absolute atomic E-state index is 0.0664. The number of carbonyl (C=O) groups is 1. The predicted molar refractivity (Wildman–Crippen MR) is 136 cm³/mol. The summed E-state index contributed by atoms with van der Waals surface area (Å²) in [5.74, 6) is -0.0248. The van der Waals surface area contributed by atoms with E-state index in [1.165, 1.54) is 6.07 Å². The molecule has 1 amide bonds. The van der Waals surface area contributed by atoms with Crippen LogP contribution in [0.3, 0.4) is 0 Å². The first-order chi connectivity index (χ1) is 17.4. The number of anilines is 1. The number of halogens is 2. The summed E-state index contributed by atoms with van der Waals surface area (Å²) in [6, 6.07) is 3.16. The molecule has 2 aromatic heterocycles. The van der Waals surface area contributed by atoms with E-state index in [-0.39, 0.29) is 21.7 Å². The molecule has 1 saturated carbocycles. The second-order valence-electron chi connectivity index (χ2n) is 10.2. The van der Waals surface area contributed by atoms with E-state index in [0.29, 0.717) is 48.5 Å². The number of hydrogen-bond donors (Lipinski definition) is 1. The Hall–Kier alpha value is -2.71. The van der Waals surface area contributed by atoms with E-state index >= 15 is 0 Å². The minimum atomic E-state index is -3.87. The molecule has 1 N–H and O–H groups in total. The average molecular weight is 554 g/mol. The third-order valence-corrected chi connectivity index (χ3v) is 9.39. The molecular weight excluding hydrogens is 524 g/mol. The van der Waals surface area contributed by atoms with Crippen molar-refractivity contribution in [3.05, 3.63) is 17.1 Å². The second kappa shape index (κ2) is 9.24. The van der Waals surface area contributed by atoms with E-state index in [0.717, 1.165) is 24.2 Å². The van der Waals surface area contributed by atoms with Crippen LogP contribution in [0.4, 0.5) is 14.5 Å². The lowest BCUT2D eigenvalue weighted by molar-refractivity contribution is -0.134. The molecule has 3 heterocycles. The molecule has 0 atom stereocenters. The van der Waals surface area contributed by atoms with Gasteiger partial charge in [-0.25, -0.2) is 21.9 Å². The van der Waals surface area contributed by atoms with Gasteiger partial charge in [-0.15, -0.1) is 10.2 Å². The van der Waals surface area contributed by atoms with Crippen LogP contribution in [0.15, 0.2) is 17.0 Å². The molecule has 1 aromatic carbocycles. The van der Waals surface area contributed by atoms with E-state index in [9.17, 15) is 22.0 Å². The molecule has 0 bridgehead atoms. The number of nitrogens with zero attached hydrogens (tertiary/aromatic N) is 6. The molecular formula is C23H29F2N7O3S2. The molecule has 37 heavy (non-hydrogen) atoms. The number of piperazine rings is 1. The van der Waals surface area contributed by atoms with Gasteiger partial charge in [0.25, 0.3) is 6.43 Å². The molecule has 2 aliphatic rings. The zero-order valence-electron chi connectivity index (χ0n) is 21.0. The third-order valence-electron chi connectivity index (χ3n) is 6.84. The average Bonchev–Trinajstić information content (AvgIpc) is 3.23. The Bertz CT molecular complexity index is 1460. The van der Waals surface area contributed by atoms with E-state index in [1.807, 2.05) is 30.6 Å². The summed E-state index contributed by atoms with van der Waals surface area (Å²) in [4.78, 5) is 16.4. The van der Waals surface area contributed by atoms with E-state index < -0.39 is 27.0 Å². The zero-order chi connectivity index (χ0) is 26.7. The summed E-state index contributed by atoms with van der Waals surface area (Å²) in [6.07, 6.45) is -1.25. The summed E-state index contributed by atoms with van der Waals surface area (Å²) in [5, 5.41) is 12.3. The SMILES string of the molecule is CC(C)C(=O)N1CCN(c2cc(S(=O)(=O)NC3(C)CC3)cc3c(-c4nnc(C(F)F)s4)nn(C)c23)CC1. The molecule has 3 aromatic rings. The number of amides is 1. The van der Waals surface area contributed by atoms with Crippen LogP contribution in [-0.2, 0) is 21.9 Å². The summed E-state index contributed by atoms with van der Waals surface area (Å²) < 4.78 is 57.6. The van der Waals surface area contributed by atoms with Crippen molar-refractivity contribution in [3.63, 3.8) is 0 Å². The Labute approximate surface area is 217 Å². The summed E-state index contributed by atoms with van der Waals surface area (Å²) in [6.45, 7) is 7.62. The quantitative estimate of drug-likeness (QED) is 0.478. The number of alkyl halides is 2.